The van der Waals surface area contributed by atoms with E-state index in [-0.39, 0.29) is 16.7 Å². The maximum atomic E-state index is 13.8. The van der Waals surface area contributed by atoms with E-state index in [0.717, 1.165) is 42.9 Å². The lowest BCUT2D eigenvalue weighted by molar-refractivity contribution is -0.161. The molecule has 9 atom stereocenters. The van der Waals surface area contributed by atoms with Crippen LogP contribution in [0.5, 0.6) is 0 Å². The third kappa shape index (κ3) is 3.53. The molecule has 0 saturated heterocycles. The zero-order valence-electron chi connectivity index (χ0n) is 20.5. The van der Waals surface area contributed by atoms with E-state index in [1.807, 2.05) is 0 Å². The van der Waals surface area contributed by atoms with Crippen molar-refractivity contribution in [2.24, 2.45) is 58.2 Å². The van der Waals surface area contributed by atoms with Gasteiger partial charge in [-0.25, -0.2) is 0 Å². The van der Waals surface area contributed by atoms with Gasteiger partial charge in [-0.05, 0) is 84.4 Å². The number of fused-ring (bicyclic) bond motifs is 5. The van der Waals surface area contributed by atoms with Crippen LogP contribution in [-0.2, 0) is 9.59 Å². The van der Waals surface area contributed by atoms with Crippen molar-refractivity contribution >= 4 is 11.6 Å². The van der Waals surface area contributed by atoms with Crippen molar-refractivity contribution in [3.8, 4) is 0 Å². The van der Waals surface area contributed by atoms with Gasteiger partial charge in [-0.3, -0.25) is 9.59 Å². The van der Waals surface area contributed by atoms with Crippen molar-refractivity contribution in [1.82, 2.24) is 0 Å². The number of carbonyl (C=O) groups is 2. The first kappa shape index (κ1) is 22.5. The Morgan fingerprint density at radius 1 is 0.933 bits per heavy atom. The first-order chi connectivity index (χ1) is 14.1. The molecule has 0 spiro atoms. The molecule has 4 aliphatic carbocycles. The van der Waals surface area contributed by atoms with E-state index >= 15 is 0 Å². The van der Waals surface area contributed by atoms with Crippen molar-refractivity contribution in [2.45, 2.75) is 106 Å². The van der Waals surface area contributed by atoms with Gasteiger partial charge in [0.05, 0.1) is 0 Å². The molecule has 2 nitrogen and oxygen atoms in total. The summed E-state index contributed by atoms with van der Waals surface area (Å²) in [6, 6.07) is 0. The van der Waals surface area contributed by atoms with Crippen molar-refractivity contribution in [3.05, 3.63) is 0 Å². The van der Waals surface area contributed by atoms with Crippen LogP contribution in [0.15, 0.2) is 0 Å². The average Bonchev–Trinajstić information content (AvgIpc) is 3.02. The monoisotopic (exact) mass is 414 g/mol. The van der Waals surface area contributed by atoms with Gasteiger partial charge in [-0.1, -0.05) is 54.4 Å². The molecule has 0 aliphatic heterocycles. The van der Waals surface area contributed by atoms with Gasteiger partial charge in [0, 0.05) is 25.2 Å². The number of Topliss-reactive ketones (excluding diaryl/α,β-unsaturated/α-hetero) is 2. The van der Waals surface area contributed by atoms with Gasteiger partial charge < -0.3 is 0 Å². The van der Waals surface area contributed by atoms with E-state index in [4.69, 9.17) is 0 Å². The Bertz CT molecular complexity index is 680. The van der Waals surface area contributed by atoms with Crippen molar-refractivity contribution in [2.75, 3.05) is 0 Å². The van der Waals surface area contributed by atoms with Crippen LogP contribution in [0.4, 0.5) is 0 Å². The number of rotatable bonds is 5. The summed E-state index contributed by atoms with van der Waals surface area (Å²) >= 11 is 0. The van der Waals surface area contributed by atoms with Crippen molar-refractivity contribution < 1.29 is 9.59 Å². The maximum Gasteiger partial charge on any atom is 0.137 e. The van der Waals surface area contributed by atoms with Gasteiger partial charge in [-0.15, -0.1) is 0 Å². The van der Waals surface area contributed by atoms with Crippen LogP contribution >= 0.6 is 0 Å². The summed E-state index contributed by atoms with van der Waals surface area (Å²) in [5.74, 6) is 6.00. The molecule has 4 aliphatic rings. The minimum absolute atomic E-state index is 0.0889. The average molecular weight is 415 g/mol. The number of ketones is 2. The van der Waals surface area contributed by atoms with Crippen LogP contribution in [0.3, 0.4) is 0 Å². The highest BCUT2D eigenvalue weighted by atomic mass is 16.1. The molecule has 30 heavy (non-hydrogen) atoms. The Morgan fingerprint density at radius 2 is 1.67 bits per heavy atom. The molecule has 4 rings (SSSR count). The lowest BCUT2D eigenvalue weighted by Gasteiger charge is -2.59. The molecule has 0 N–H and O–H groups in total. The Balaban J connectivity index is 1.52. The molecule has 0 radical (unpaired) electrons. The molecule has 0 heterocycles. The van der Waals surface area contributed by atoms with Gasteiger partial charge in [0.1, 0.15) is 11.6 Å². The summed E-state index contributed by atoms with van der Waals surface area (Å²) in [6.07, 6.45) is 10.9. The Labute approximate surface area is 185 Å². The summed E-state index contributed by atoms with van der Waals surface area (Å²) in [7, 11) is 0. The quantitative estimate of drug-likeness (QED) is 0.480. The zero-order valence-corrected chi connectivity index (χ0v) is 20.5. The SMILES string of the molecule is CC(C)[C@@H](C)CC[C@@H](C)[C@@H]1CC[C@@H]2[C@@H]3CC[C@H]4CC(=O)CC[C@]4(C)[C@H]3C(=O)C[C@]21C. The van der Waals surface area contributed by atoms with E-state index in [2.05, 4.69) is 41.5 Å². The minimum atomic E-state index is 0.0889. The van der Waals surface area contributed by atoms with Crippen LogP contribution in [0, 0.1) is 58.2 Å². The summed E-state index contributed by atoms with van der Waals surface area (Å²) in [5, 5.41) is 0. The summed E-state index contributed by atoms with van der Waals surface area (Å²) in [6.45, 7) is 14.4. The fourth-order valence-electron chi connectivity index (χ4n) is 8.89. The van der Waals surface area contributed by atoms with Crippen LogP contribution in [0.1, 0.15) is 106 Å². The Hall–Kier alpha value is -0.660. The lowest BCUT2D eigenvalue weighted by atomic mass is 9.44. The van der Waals surface area contributed by atoms with Gasteiger partial charge >= 0.3 is 0 Å². The van der Waals surface area contributed by atoms with E-state index in [9.17, 15) is 9.59 Å². The second kappa shape index (κ2) is 8.04. The van der Waals surface area contributed by atoms with E-state index < -0.39 is 0 Å². The first-order valence-corrected chi connectivity index (χ1v) is 13.1. The Kier molecular flexibility index (Phi) is 6.04. The maximum absolute atomic E-state index is 13.8. The highest BCUT2D eigenvalue weighted by Gasteiger charge is 2.63. The molecule has 0 bridgehead atoms. The number of carbonyl (C=O) groups excluding carboxylic acids is 2. The molecule has 4 saturated carbocycles. The fourth-order valence-corrected chi connectivity index (χ4v) is 8.89. The third-order valence-electron chi connectivity index (χ3n) is 11.1. The molecule has 0 amide bonds. The number of hydrogen-bond donors (Lipinski definition) is 0. The van der Waals surface area contributed by atoms with Crippen LogP contribution < -0.4 is 0 Å². The van der Waals surface area contributed by atoms with Gasteiger partial charge in [0.25, 0.3) is 0 Å². The molecule has 4 fully saturated rings. The zero-order chi connectivity index (χ0) is 21.8. The van der Waals surface area contributed by atoms with Crippen LogP contribution in [-0.4, -0.2) is 11.6 Å². The van der Waals surface area contributed by atoms with E-state index in [1.165, 1.54) is 38.5 Å². The fraction of sp³-hybridized carbons (Fsp3) is 0.929. The first-order valence-electron chi connectivity index (χ1n) is 13.1. The summed E-state index contributed by atoms with van der Waals surface area (Å²) in [5.41, 5.74) is 0.304. The predicted octanol–water partition coefficient (Wildman–Crippen LogP) is 7.10. The smallest absolute Gasteiger partial charge is 0.137 e. The lowest BCUT2D eigenvalue weighted by Crippen LogP contribution is -2.57. The molecule has 2 heteroatoms. The Morgan fingerprint density at radius 3 is 2.37 bits per heavy atom. The predicted molar refractivity (Wildman–Crippen MR) is 123 cm³/mol. The second-order valence-electron chi connectivity index (χ2n) is 12.9. The molecule has 170 valence electrons. The third-order valence-corrected chi connectivity index (χ3v) is 11.1. The van der Waals surface area contributed by atoms with E-state index in [0.29, 0.717) is 35.7 Å². The standard InChI is InChI=1S/C28H46O2/c1-17(2)18(3)7-8-19(4)23-11-12-24-22-10-9-20-15-21(29)13-14-27(20,5)26(22)25(30)16-28(23,24)6/h17-20,22-24,26H,7-16H2,1-6H3/t18-,19+,20-,22-,23-,24+,26+,27-,28-/m0/s1. The van der Waals surface area contributed by atoms with Gasteiger partial charge in [0.2, 0.25) is 0 Å². The van der Waals surface area contributed by atoms with Crippen molar-refractivity contribution in [3.63, 3.8) is 0 Å². The highest BCUT2D eigenvalue weighted by Crippen LogP contribution is 2.67. The van der Waals surface area contributed by atoms with Gasteiger partial charge in [0.15, 0.2) is 0 Å². The molecule has 0 aromatic heterocycles. The molecular formula is C28H46O2. The van der Waals surface area contributed by atoms with E-state index in [1.54, 1.807) is 0 Å². The molecular weight excluding hydrogens is 368 g/mol. The second-order valence-corrected chi connectivity index (χ2v) is 12.9. The highest BCUT2D eigenvalue weighted by molar-refractivity contribution is 5.85. The summed E-state index contributed by atoms with van der Waals surface area (Å²) in [4.78, 5) is 25.9. The topological polar surface area (TPSA) is 34.1 Å². The van der Waals surface area contributed by atoms with Crippen molar-refractivity contribution in [1.29, 1.82) is 0 Å². The number of hydrogen-bond acceptors (Lipinski definition) is 2. The molecule has 0 aromatic rings. The van der Waals surface area contributed by atoms with Crippen LogP contribution in [0.2, 0.25) is 0 Å². The molecule has 0 aromatic carbocycles. The van der Waals surface area contributed by atoms with Crippen LogP contribution in [0.25, 0.3) is 0 Å². The summed E-state index contributed by atoms with van der Waals surface area (Å²) < 4.78 is 0. The minimum Gasteiger partial charge on any atom is -0.300 e. The molecule has 0 unspecified atom stereocenters. The largest absolute Gasteiger partial charge is 0.300 e. The normalized spacial score (nSPS) is 45.6. The van der Waals surface area contributed by atoms with Gasteiger partial charge in [-0.2, -0.15) is 0 Å².